The summed E-state index contributed by atoms with van der Waals surface area (Å²) in [7, 11) is 0. The monoisotopic (exact) mass is 206 g/mol. The molecule has 3 nitrogen and oxygen atoms in total. The van der Waals surface area contributed by atoms with Crippen LogP contribution in [0.1, 0.15) is 31.7 Å². The summed E-state index contributed by atoms with van der Waals surface area (Å²) in [4.78, 5) is 11.7. The molecule has 1 aliphatic carbocycles. The SMILES string of the molecule is CCC(=O)C1(c2ccc(O)c(O)c2)CC1. The predicted molar refractivity (Wildman–Crippen MR) is 56.0 cm³/mol. The van der Waals surface area contributed by atoms with Crippen LogP contribution >= 0.6 is 0 Å². The Morgan fingerprint density at radius 3 is 2.47 bits per heavy atom. The van der Waals surface area contributed by atoms with Gasteiger partial charge in [0.1, 0.15) is 5.78 Å². The number of phenols is 2. The molecule has 15 heavy (non-hydrogen) atoms. The van der Waals surface area contributed by atoms with Gasteiger partial charge in [0, 0.05) is 6.42 Å². The van der Waals surface area contributed by atoms with Gasteiger partial charge in [-0.2, -0.15) is 0 Å². The highest BCUT2D eigenvalue weighted by molar-refractivity contribution is 5.93. The molecule has 0 saturated heterocycles. The van der Waals surface area contributed by atoms with E-state index in [0.717, 1.165) is 18.4 Å². The molecule has 0 aliphatic heterocycles. The molecule has 0 amide bonds. The minimum atomic E-state index is -0.375. The highest BCUT2D eigenvalue weighted by atomic mass is 16.3. The van der Waals surface area contributed by atoms with Gasteiger partial charge in [-0.05, 0) is 30.5 Å². The second-order valence-corrected chi connectivity index (χ2v) is 4.06. The summed E-state index contributed by atoms with van der Waals surface area (Å²) in [5.74, 6) is -0.0752. The second kappa shape index (κ2) is 3.26. The average Bonchev–Trinajstić information content (AvgIpc) is 3.02. The van der Waals surface area contributed by atoms with Crippen molar-refractivity contribution in [3.05, 3.63) is 23.8 Å². The van der Waals surface area contributed by atoms with Gasteiger partial charge < -0.3 is 10.2 Å². The van der Waals surface area contributed by atoms with Crippen LogP contribution in [-0.4, -0.2) is 16.0 Å². The van der Waals surface area contributed by atoms with E-state index in [1.165, 1.54) is 12.1 Å². The van der Waals surface area contributed by atoms with Crippen molar-refractivity contribution >= 4 is 5.78 Å². The van der Waals surface area contributed by atoms with E-state index in [-0.39, 0.29) is 22.7 Å². The van der Waals surface area contributed by atoms with E-state index in [0.29, 0.717) is 6.42 Å². The molecule has 0 atom stereocenters. The second-order valence-electron chi connectivity index (χ2n) is 4.06. The number of aromatic hydroxyl groups is 2. The third kappa shape index (κ3) is 1.48. The highest BCUT2D eigenvalue weighted by Gasteiger charge is 2.49. The van der Waals surface area contributed by atoms with E-state index < -0.39 is 0 Å². The van der Waals surface area contributed by atoms with Gasteiger partial charge in [0.05, 0.1) is 5.41 Å². The summed E-state index contributed by atoms with van der Waals surface area (Å²) in [6.45, 7) is 1.85. The van der Waals surface area contributed by atoms with Gasteiger partial charge in [-0.3, -0.25) is 4.79 Å². The fourth-order valence-corrected chi connectivity index (χ4v) is 2.01. The number of rotatable bonds is 3. The van der Waals surface area contributed by atoms with Crippen LogP contribution in [0.15, 0.2) is 18.2 Å². The Balaban J connectivity index is 2.38. The largest absolute Gasteiger partial charge is 0.504 e. The lowest BCUT2D eigenvalue weighted by molar-refractivity contribution is -0.121. The molecule has 2 rings (SSSR count). The maximum absolute atomic E-state index is 11.7. The van der Waals surface area contributed by atoms with Crippen LogP contribution in [0.2, 0.25) is 0 Å². The van der Waals surface area contributed by atoms with Crippen LogP contribution < -0.4 is 0 Å². The summed E-state index contributed by atoms with van der Waals surface area (Å²) in [6, 6.07) is 4.65. The Kier molecular flexibility index (Phi) is 2.18. The number of carbonyl (C=O) groups excluding carboxylic acids is 1. The van der Waals surface area contributed by atoms with E-state index in [2.05, 4.69) is 0 Å². The zero-order valence-electron chi connectivity index (χ0n) is 8.66. The van der Waals surface area contributed by atoms with Crippen molar-refractivity contribution in [3.8, 4) is 11.5 Å². The normalized spacial score (nSPS) is 17.4. The maximum atomic E-state index is 11.7. The topological polar surface area (TPSA) is 57.5 Å². The Hall–Kier alpha value is -1.51. The molecule has 0 unspecified atom stereocenters. The molecule has 3 heteroatoms. The summed E-state index contributed by atoms with van der Waals surface area (Å²) >= 11 is 0. The summed E-state index contributed by atoms with van der Waals surface area (Å²) < 4.78 is 0. The first-order chi connectivity index (χ1) is 7.10. The van der Waals surface area contributed by atoms with Gasteiger partial charge in [0.2, 0.25) is 0 Å². The number of benzene rings is 1. The number of Topliss-reactive ketones (excluding diaryl/α,β-unsaturated/α-hetero) is 1. The van der Waals surface area contributed by atoms with E-state index in [4.69, 9.17) is 0 Å². The van der Waals surface area contributed by atoms with Gasteiger partial charge in [0.25, 0.3) is 0 Å². The molecule has 1 aliphatic rings. The molecule has 2 N–H and O–H groups in total. The van der Waals surface area contributed by atoms with Gasteiger partial charge in [-0.15, -0.1) is 0 Å². The Morgan fingerprint density at radius 2 is 2.00 bits per heavy atom. The quantitative estimate of drug-likeness (QED) is 0.745. The lowest BCUT2D eigenvalue weighted by Gasteiger charge is -2.13. The van der Waals surface area contributed by atoms with E-state index in [1.54, 1.807) is 6.07 Å². The van der Waals surface area contributed by atoms with Crippen molar-refractivity contribution in [1.82, 2.24) is 0 Å². The third-order valence-corrected chi connectivity index (χ3v) is 3.13. The Labute approximate surface area is 88.4 Å². The van der Waals surface area contributed by atoms with Gasteiger partial charge in [0.15, 0.2) is 11.5 Å². The Bertz CT molecular complexity index is 405. The number of ketones is 1. The van der Waals surface area contributed by atoms with E-state index in [9.17, 15) is 15.0 Å². The molecule has 1 fully saturated rings. The van der Waals surface area contributed by atoms with Crippen LogP contribution in [0.25, 0.3) is 0 Å². The lowest BCUT2D eigenvalue weighted by atomic mass is 9.90. The molecular weight excluding hydrogens is 192 g/mol. The van der Waals surface area contributed by atoms with Gasteiger partial charge in [-0.25, -0.2) is 0 Å². The van der Waals surface area contributed by atoms with Crippen LogP contribution in [0.3, 0.4) is 0 Å². The molecule has 0 aromatic heterocycles. The van der Waals surface area contributed by atoms with Crippen molar-refractivity contribution in [2.24, 2.45) is 0 Å². The van der Waals surface area contributed by atoms with Gasteiger partial charge >= 0.3 is 0 Å². The first kappa shape index (κ1) is 10.0. The molecule has 0 bridgehead atoms. The van der Waals surface area contributed by atoms with Crippen LogP contribution in [-0.2, 0) is 10.2 Å². The first-order valence-corrected chi connectivity index (χ1v) is 5.16. The summed E-state index contributed by atoms with van der Waals surface area (Å²) in [5.41, 5.74) is 0.449. The molecule has 80 valence electrons. The van der Waals surface area contributed by atoms with E-state index in [1.807, 2.05) is 6.92 Å². The third-order valence-electron chi connectivity index (χ3n) is 3.13. The molecular formula is C12H14O3. The summed E-state index contributed by atoms with van der Waals surface area (Å²) in [6.07, 6.45) is 2.22. The number of carbonyl (C=O) groups is 1. The molecule has 0 heterocycles. The van der Waals surface area contributed by atoms with Crippen molar-refractivity contribution in [1.29, 1.82) is 0 Å². The van der Waals surface area contributed by atoms with Crippen LogP contribution in [0.4, 0.5) is 0 Å². The zero-order chi connectivity index (χ0) is 11.1. The number of phenolic OH excluding ortho intramolecular Hbond substituents is 2. The predicted octanol–water partition coefficient (Wildman–Crippen LogP) is 2.11. The lowest BCUT2D eigenvalue weighted by Crippen LogP contribution is -2.19. The van der Waals surface area contributed by atoms with E-state index >= 15 is 0 Å². The molecule has 0 radical (unpaired) electrons. The molecule has 1 aromatic carbocycles. The highest BCUT2D eigenvalue weighted by Crippen LogP contribution is 2.50. The first-order valence-electron chi connectivity index (χ1n) is 5.16. The standard InChI is InChI=1S/C12H14O3/c1-2-11(15)12(5-6-12)8-3-4-9(13)10(14)7-8/h3-4,7,13-14H,2,5-6H2,1H3. The average molecular weight is 206 g/mol. The minimum Gasteiger partial charge on any atom is -0.504 e. The van der Waals surface area contributed by atoms with Crippen LogP contribution in [0, 0.1) is 0 Å². The Morgan fingerprint density at radius 1 is 1.33 bits per heavy atom. The fraction of sp³-hybridized carbons (Fsp3) is 0.417. The molecule has 0 spiro atoms. The van der Waals surface area contributed by atoms with Crippen LogP contribution in [0.5, 0.6) is 11.5 Å². The van der Waals surface area contributed by atoms with Crippen molar-refractivity contribution in [2.75, 3.05) is 0 Å². The van der Waals surface area contributed by atoms with Gasteiger partial charge in [-0.1, -0.05) is 13.0 Å². The maximum Gasteiger partial charge on any atom is 0.157 e. The van der Waals surface area contributed by atoms with Crippen molar-refractivity contribution in [2.45, 2.75) is 31.6 Å². The smallest absolute Gasteiger partial charge is 0.157 e. The number of hydrogen-bond donors (Lipinski definition) is 2. The fourth-order valence-electron chi connectivity index (χ4n) is 2.01. The molecule has 1 saturated carbocycles. The summed E-state index contributed by atoms with van der Waals surface area (Å²) in [5, 5.41) is 18.6. The van der Waals surface area contributed by atoms with Crippen molar-refractivity contribution in [3.63, 3.8) is 0 Å². The van der Waals surface area contributed by atoms with Crippen molar-refractivity contribution < 1.29 is 15.0 Å². The zero-order valence-corrected chi connectivity index (χ0v) is 8.66. The minimum absolute atomic E-state index is 0.140. The number of hydrogen-bond acceptors (Lipinski definition) is 3. The molecule has 1 aromatic rings.